The second kappa shape index (κ2) is 5.68. The Morgan fingerprint density at radius 1 is 1.30 bits per heavy atom. The van der Waals surface area contributed by atoms with Crippen LogP contribution in [0.5, 0.6) is 0 Å². The summed E-state index contributed by atoms with van der Waals surface area (Å²) in [5, 5.41) is 9.35. The van der Waals surface area contributed by atoms with Gasteiger partial charge in [0.2, 0.25) is 0 Å². The van der Waals surface area contributed by atoms with E-state index < -0.39 is 19.2 Å². The highest BCUT2D eigenvalue weighted by Crippen LogP contribution is 2.58. The van der Waals surface area contributed by atoms with Gasteiger partial charge in [0, 0.05) is 5.41 Å². The Kier molecular flexibility index (Phi) is 4.33. The van der Waals surface area contributed by atoms with Gasteiger partial charge in [-0.1, -0.05) is 44.2 Å². The molecule has 1 unspecified atom stereocenters. The highest BCUT2D eigenvalue weighted by atomic mass is 31.2. The lowest BCUT2D eigenvalue weighted by molar-refractivity contribution is -0.137. The predicted molar refractivity (Wildman–Crippen MR) is 74.9 cm³/mol. The van der Waals surface area contributed by atoms with Crippen molar-refractivity contribution in [2.24, 2.45) is 5.41 Å². The molecular weight excluding hydrogens is 279 g/mol. The van der Waals surface area contributed by atoms with Crippen LogP contribution in [-0.4, -0.2) is 29.9 Å². The van der Waals surface area contributed by atoms with E-state index >= 15 is 0 Å². The van der Waals surface area contributed by atoms with Gasteiger partial charge in [-0.25, -0.2) is 0 Å². The van der Waals surface area contributed by atoms with Gasteiger partial charge in [0.05, 0.1) is 13.2 Å². The lowest BCUT2D eigenvalue weighted by Gasteiger charge is -2.36. The lowest BCUT2D eigenvalue weighted by atomic mass is 9.97. The van der Waals surface area contributed by atoms with Crippen LogP contribution in [0.4, 0.5) is 0 Å². The SMILES string of the molecule is CC1(C)COP(=O)(C(Cc2ccccc2)C(=O)O)OC1. The summed E-state index contributed by atoms with van der Waals surface area (Å²) in [6.45, 7) is 4.32. The van der Waals surface area contributed by atoms with Crippen LogP contribution >= 0.6 is 7.60 Å². The van der Waals surface area contributed by atoms with Crippen molar-refractivity contribution >= 4 is 13.6 Å². The molecule has 1 aromatic rings. The van der Waals surface area contributed by atoms with Crippen molar-refractivity contribution in [2.75, 3.05) is 13.2 Å². The maximum absolute atomic E-state index is 12.6. The molecule has 0 aromatic heterocycles. The van der Waals surface area contributed by atoms with E-state index in [1.54, 1.807) is 12.1 Å². The lowest BCUT2D eigenvalue weighted by Crippen LogP contribution is -2.35. The van der Waals surface area contributed by atoms with Crippen LogP contribution in [0.15, 0.2) is 30.3 Å². The minimum absolute atomic E-state index is 0.133. The number of aliphatic carboxylic acids is 1. The van der Waals surface area contributed by atoms with Crippen LogP contribution in [-0.2, 0) is 24.8 Å². The number of hydrogen-bond donors (Lipinski definition) is 1. The molecule has 1 N–H and O–H groups in total. The van der Waals surface area contributed by atoms with E-state index in [-0.39, 0.29) is 25.0 Å². The first-order valence-corrected chi connectivity index (χ1v) is 8.09. The maximum Gasteiger partial charge on any atom is 0.345 e. The summed E-state index contributed by atoms with van der Waals surface area (Å²) in [4.78, 5) is 11.4. The average molecular weight is 298 g/mol. The first-order valence-electron chi connectivity index (χ1n) is 6.48. The predicted octanol–water partition coefficient (Wildman–Crippen LogP) is 2.95. The zero-order valence-electron chi connectivity index (χ0n) is 11.6. The quantitative estimate of drug-likeness (QED) is 0.865. The molecule has 1 saturated heterocycles. The second-order valence-electron chi connectivity index (χ2n) is 5.79. The Bertz CT molecular complexity index is 512. The van der Waals surface area contributed by atoms with Crippen LogP contribution in [0.2, 0.25) is 0 Å². The largest absolute Gasteiger partial charge is 0.481 e. The smallest absolute Gasteiger partial charge is 0.345 e. The van der Waals surface area contributed by atoms with Crippen LogP contribution < -0.4 is 0 Å². The molecule has 1 atom stereocenters. The van der Waals surface area contributed by atoms with Crippen LogP contribution in [0.25, 0.3) is 0 Å². The Balaban J connectivity index is 2.17. The number of carbonyl (C=O) groups is 1. The van der Waals surface area contributed by atoms with E-state index in [2.05, 4.69) is 0 Å². The maximum atomic E-state index is 12.6. The van der Waals surface area contributed by atoms with Gasteiger partial charge >= 0.3 is 13.6 Å². The van der Waals surface area contributed by atoms with Crippen LogP contribution in [0.3, 0.4) is 0 Å². The Morgan fingerprint density at radius 2 is 1.85 bits per heavy atom. The second-order valence-corrected chi connectivity index (χ2v) is 8.01. The molecule has 5 nitrogen and oxygen atoms in total. The summed E-state index contributed by atoms with van der Waals surface area (Å²) in [5.74, 6) is -1.16. The van der Waals surface area contributed by atoms with Gasteiger partial charge < -0.3 is 14.2 Å². The fourth-order valence-corrected chi connectivity index (χ4v) is 4.16. The molecule has 0 bridgehead atoms. The summed E-state index contributed by atoms with van der Waals surface area (Å²) >= 11 is 0. The van der Waals surface area contributed by atoms with Gasteiger partial charge in [0.1, 0.15) is 0 Å². The molecule has 1 heterocycles. The molecule has 2 rings (SSSR count). The van der Waals surface area contributed by atoms with E-state index in [1.165, 1.54) is 0 Å². The highest BCUT2D eigenvalue weighted by molar-refractivity contribution is 7.55. The molecular formula is C14H19O5P. The summed E-state index contributed by atoms with van der Waals surface area (Å²) in [6.07, 6.45) is 0.133. The highest BCUT2D eigenvalue weighted by Gasteiger charge is 2.46. The molecule has 1 aliphatic rings. The summed E-state index contributed by atoms with van der Waals surface area (Å²) in [7, 11) is -3.62. The topological polar surface area (TPSA) is 72.8 Å². The Labute approximate surface area is 118 Å². The number of hydrogen-bond acceptors (Lipinski definition) is 4. The molecule has 1 aromatic carbocycles. The van der Waals surface area contributed by atoms with E-state index in [0.717, 1.165) is 5.56 Å². The van der Waals surface area contributed by atoms with Gasteiger partial charge in [-0.05, 0) is 12.0 Å². The van der Waals surface area contributed by atoms with Crippen molar-refractivity contribution in [3.05, 3.63) is 35.9 Å². The van der Waals surface area contributed by atoms with E-state index in [4.69, 9.17) is 9.05 Å². The zero-order chi connectivity index (χ0) is 14.8. The monoisotopic (exact) mass is 298 g/mol. The van der Waals surface area contributed by atoms with Crippen molar-refractivity contribution in [2.45, 2.75) is 25.9 Å². The molecule has 0 spiro atoms. The third-order valence-corrected chi connectivity index (χ3v) is 5.35. The van der Waals surface area contributed by atoms with E-state index in [0.29, 0.717) is 0 Å². The molecule has 0 radical (unpaired) electrons. The molecule has 1 aliphatic heterocycles. The van der Waals surface area contributed by atoms with Crippen molar-refractivity contribution in [1.82, 2.24) is 0 Å². The average Bonchev–Trinajstić information content (AvgIpc) is 2.41. The van der Waals surface area contributed by atoms with Gasteiger partial charge in [-0.3, -0.25) is 9.36 Å². The third kappa shape index (κ3) is 3.48. The minimum Gasteiger partial charge on any atom is -0.481 e. The van der Waals surface area contributed by atoms with Crippen molar-refractivity contribution in [3.8, 4) is 0 Å². The first-order chi connectivity index (χ1) is 9.32. The summed E-state index contributed by atoms with van der Waals surface area (Å²) in [5.41, 5.74) is -0.614. The molecule has 0 aliphatic carbocycles. The van der Waals surface area contributed by atoms with Gasteiger partial charge in [-0.15, -0.1) is 0 Å². The van der Waals surface area contributed by atoms with Crippen molar-refractivity contribution < 1.29 is 23.5 Å². The standard InChI is InChI=1S/C14H19O5P/c1-14(2)9-18-20(17,19-10-14)12(13(15)16)8-11-6-4-3-5-7-11/h3-7,12H,8-10H2,1-2H3,(H,15,16). The number of carboxylic acids is 1. The molecule has 110 valence electrons. The number of rotatable bonds is 4. The summed E-state index contributed by atoms with van der Waals surface area (Å²) in [6, 6.07) is 9.08. The molecule has 20 heavy (non-hydrogen) atoms. The molecule has 0 amide bonds. The van der Waals surface area contributed by atoms with Crippen molar-refractivity contribution in [3.63, 3.8) is 0 Å². The first kappa shape index (κ1) is 15.2. The van der Waals surface area contributed by atoms with Gasteiger partial charge in [0.25, 0.3) is 0 Å². The number of carboxylic acid groups (broad SMARTS) is 1. The van der Waals surface area contributed by atoms with E-state index in [9.17, 15) is 14.5 Å². The van der Waals surface area contributed by atoms with Crippen molar-refractivity contribution in [1.29, 1.82) is 0 Å². The third-order valence-electron chi connectivity index (χ3n) is 3.21. The Hall–Kier alpha value is -1.16. The minimum atomic E-state index is -3.62. The van der Waals surface area contributed by atoms with E-state index in [1.807, 2.05) is 32.0 Å². The van der Waals surface area contributed by atoms with Gasteiger partial charge in [-0.2, -0.15) is 0 Å². The molecule has 0 saturated carbocycles. The summed E-state index contributed by atoms with van der Waals surface area (Å²) < 4.78 is 23.3. The van der Waals surface area contributed by atoms with Gasteiger partial charge in [0.15, 0.2) is 5.66 Å². The molecule has 1 fully saturated rings. The Morgan fingerprint density at radius 3 is 2.35 bits per heavy atom. The molecule has 6 heteroatoms. The van der Waals surface area contributed by atoms with Crippen LogP contribution in [0.1, 0.15) is 19.4 Å². The normalized spacial score (nSPS) is 22.1. The fourth-order valence-electron chi connectivity index (χ4n) is 1.96. The number of benzene rings is 1. The fraction of sp³-hybridized carbons (Fsp3) is 0.500. The zero-order valence-corrected chi connectivity index (χ0v) is 12.5. The van der Waals surface area contributed by atoms with Crippen LogP contribution in [0, 0.1) is 5.41 Å².